The monoisotopic (exact) mass is 433 g/mol. The number of hydrogen-bond donors (Lipinski definition) is 3. The number of carbonyl (C=O) groups is 2. The predicted octanol–water partition coefficient (Wildman–Crippen LogP) is 5.33. The maximum Gasteiger partial charge on any atom is 0.410 e. The molecule has 0 bridgehead atoms. The number of carbonyl (C=O) groups excluding carboxylic acids is 1. The minimum Gasteiger partial charge on any atom is -0.465 e. The van der Waals surface area contributed by atoms with Crippen molar-refractivity contribution < 1.29 is 14.7 Å². The van der Waals surface area contributed by atoms with Crippen LogP contribution in [0.1, 0.15) is 27.0 Å². The van der Waals surface area contributed by atoms with Crippen molar-refractivity contribution in [1.82, 2.24) is 4.98 Å². The van der Waals surface area contributed by atoms with Crippen molar-refractivity contribution >= 4 is 60.3 Å². The topological polar surface area (TPSA) is 91.3 Å². The summed E-state index contributed by atoms with van der Waals surface area (Å²) in [6, 6.07) is 7.46. The molecule has 0 aliphatic rings. The molecule has 134 valence electrons. The van der Waals surface area contributed by atoms with Gasteiger partial charge in [0.15, 0.2) is 5.13 Å². The number of rotatable bonds is 3. The van der Waals surface area contributed by atoms with E-state index in [-0.39, 0.29) is 11.0 Å². The first-order valence-electron chi connectivity index (χ1n) is 7.74. The number of halogens is 1. The molecule has 1 aromatic heterocycles. The van der Waals surface area contributed by atoms with Gasteiger partial charge in [0.1, 0.15) is 0 Å². The Kier molecular flexibility index (Phi) is 4.97. The Hall–Kier alpha value is -2.45. The molecule has 0 atom stereocenters. The molecular weight excluding hydrogens is 418 g/mol. The number of fused-ring (bicyclic) bond motifs is 1. The van der Waals surface area contributed by atoms with E-state index in [4.69, 9.17) is 5.11 Å². The second-order valence-corrected chi connectivity index (χ2v) is 7.86. The van der Waals surface area contributed by atoms with Crippen LogP contribution in [0.4, 0.5) is 15.6 Å². The molecule has 2 aromatic carbocycles. The van der Waals surface area contributed by atoms with E-state index in [9.17, 15) is 9.59 Å². The van der Waals surface area contributed by atoms with E-state index in [1.54, 1.807) is 12.1 Å². The second kappa shape index (κ2) is 7.05. The summed E-state index contributed by atoms with van der Waals surface area (Å²) >= 11 is 4.63. The van der Waals surface area contributed by atoms with Crippen molar-refractivity contribution in [2.45, 2.75) is 20.8 Å². The summed E-state index contributed by atoms with van der Waals surface area (Å²) in [6.07, 6.45) is -1.17. The SMILES string of the molecule is Cc1cc(C)c(NC(=O)c2cc3nc(NC(=O)O)sc3cc2Br)c(C)c1. The summed E-state index contributed by atoms with van der Waals surface area (Å²) in [4.78, 5) is 27.8. The number of carboxylic acid groups (broad SMARTS) is 1. The Morgan fingerprint density at radius 1 is 1.08 bits per heavy atom. The van der Waals surface area contributed by atoms with Gasteiger partial charge in [-0.2, -0.15) is 0 Å². The third kappa shape index (κ3) is 3.71. The van der Waals surface area contributed by atoms with Crippen molar-refractivity contribution in [3.05, 3.63) is 51.0 Å². The van der Waals surface area contributed by atoms with Crippen LogP contribution < -0.4 is 10.6 Å². The number of nitrogens with zero attached hydrogens (tertiary/aromatic N) is 1. The fraction of sp³-hybridized carbons (Fsp3) is 0.167. The largest absolute Gasteiger partial charge is 0.465 e. The molecule has 3 aromatic rings. The lowest BCUT2D eigenvalue weighted by Crippen LogP contribution is -2.14. The number of anilines is 2. The lowest BCUT2D eigenvalue weighted by molar-refractivity contribution is 0.102. The van der Waals surface area contributed by atoms with Gasteiger partial charge >= 0.3 is 6.09 Å². The molecule has 0 saturated carbocycles. The molecule has 0 aliphatic heterocycles. The minimum absolute atomic E-state index is 0.255. The maximum atomic E-state index is 12.8. The van der Waals surface area contributed by atoms with Crippen LogP contribution in [0.5, 0.6) is 0 Å². The van der Waals surface area contributed by atoms with Crippen molar-refractivity contribution in [1.29, 1.82) is 0 Å². The van der Waals surface area contributed by atoms with Crippen LogP contribution in [0.3, 0.4) is 0 Å². The Morgan fingerprint density at radius 3 is 2.35 bits per heavy atom. The van der Waals surface area contributed by atoms with E-state index in [1.807, 2.05) is 32.9 Å². The number of hydrogen-bond acceptors (Lipinski definition) is 4. The molecule has 26 heavy (non-hydrogen) atoms. The quantitative estimate of drug-likeness (QED) is 0.520. The second-order valence-electron chi connectivity index (χ2n) is 5.98. The molecule has 2 amide bonds. The molecular formula is C18H16BrN3O3S. The van der Waals surface area contributed by atoms with E-state index in [0.717, 1.165) is 27.1 Å². The van der Waals surface area contributed by atoms with Gasteiger partial charge in [-0.1, -0.05) is 29.0 Å². The van der Waals surface area contributed by atoms with Gasteiger partial charge in [-0.3, -0.25) is 10.1 Å². The van der Waals surface area contributed by atoms with Crippen molar-refractivity contribution in [3.8, 4) is 0 Å². The zero-order chi connectivity index (χ0) is 19.0. The Labute approximate surface area is 162 Å². The first-order chi connectivity index (χ1) is 12.2. The van der Waals surface area contributed by atoms with Crippen molar-refractivity contribution in [3.63, 3.8) is 0 Å². The highest BCUT2D eigenvalue weighted by atomic mass is 79.9. The van der Waals surface area contributed by atoms with Gasteiger partial charge in [-0.25, -0.2) is 9.78 Å². The van der Waals surface area contributed by atoms with Crippen LogP contribution in [0.25, 0.3) is 10.2 Å². The standard InChI is InChI=1S/C18H16BrN3O3S/c1-8-4-9(2)15(10(3)5-8)21-16(23)11-6-13-14(7-12(11)19)26-17(20-13)22-18(24)25/h4-7H,1-3H3,(H,20,22)(H,21,23)(H,24,25). The number of thiazole rings is 1. The van der Waals surface area contributed by atoms with E-state index in [1.165, 1.54) is 11.3 Å². The molecule has 3 N–H and O–H groups in total. The third-order valence-electron chi connectivity index (χ3n) is 3.85. The summed E-state index contributed by atoms with van der Waals surface area (Å²) in [7, 11) is 0. The summed E-state index contributed by atoms with van der Waals surface area (Å²) in [5, 5.41) is 14.3. The fourth-order valence-corrected chi connectivity index (χ4v) is 4.38. The molecule has 1 heterocycles. The fourth-order valence-electron chi connectivity index (χ4n) is 2.83. The van der Waals surface area contributed by atoms with Crippen molar-refractivity contribution in [2.24, 2.45) is 0 Å². The third-order valence-corrected chi connectivity index (χ3v) is 5.44. The molecule has 6 nitrogen and oxygen atoms in total. The minimum atomic E-state index is -1.17. The van der Waals surface area contributed by atoms with Crippen LogP contribution in [-0.2, 0) is 0 Å². The van der Waals surface area contributed by atoms with E-state index in [0.29, 0.717) is 15.6 Å². The molecule has 0 fully saturated rings. The first kappa shape index (κ1) is 18.3. The summed E-state index contributed by atoms with van der Waals surface area (Å²) in [5.74, 6) is -0.255. The zero-order valence-corrected chi connectivity index (χ0v) is 16.7. The van der Waals surface area contributed by atoms with Gasteiger partial charge in [-0.05, 0) is 60.0 Å². The molecule has 3 rings (SSSR count). The van der Waals surface area contributed by atoms with Gasteiger partial charge < -0.3 is 10.4 Å². The van der Waals surface area contributed by atoms with Gasteiger partial charge in [0.25, 0.3) is 5.91 Å². The van der Waals surface area contributed by atoms with Crippen LogP contribution in [-0.4, -0.2) is 22.1 Å². The van der Waals surface area contributed by atoms with E-state index < -0.39 is 6.09 Å². The van der Waals surface area contributed by atoms with Crippen molar-refractivity contribution in [2.75, 3.05) is 10.6 Å². The Morgan fingerprint density at radius 2 is 1.73 bits per heavy atom. The molecule has 0 spiro atoms. The first-order valence-corrected chi connectivity index (χ1v) is 9.35. The Balaban J connectivity index is 1.95. The Bertz CT molecular complexity index is 1020. The highest BCUT2D eigenvalue weighted by Crippen LogP contribution is 2.32. The summed E-state index contributed by atoms with van der Waals surface area (Å²) in [6.45, 7) is 5.93. The van der Waals surface area contributed by atoms with Gasteiger partial charge in [0.05, 0.1) is 15.8 Å². The average molecular weight is 434 g/mol. The zero-order valence-electron chi connectivity index (χ0n) is 14.3. The molecule has 0 radical (unpaired) electrons. The number of benzene rings is 2. The van der Waals surface area contributed by atoms with Crippen LogP contribution in [0.2, 0.25) is 0 Å². The van der Waals surface area contributed by atoms with Gasteiger partial charge in [0, 0.05) is 10.2 Å². The average Bonchev–Trinajstić information content (AvgIpc) is 2.89. The van der Waals surface area contributed by atoms with Gasteiger partial charge in [0.2, 0.25) is 0 Å². The number of amides is 2. The molecule has 0 saturated heterocycles. The summed E-state index contributed by atoms with van der Waals surface area (Å²) < 4.78 is 1.40. The highest BCUT2D eigenvalue weighted by molar-refractivity contribution is 9.10. The van der Waals surface area contributed by atoms with E-state index in [2.05, 4.69) is 31.5 Å². The predicted molar refractivity (Wildman–Crippen MR) is 108 cm³/mol. The van der Waals surface area contributed by atoms with Gasteiger partial charge in [-0.15, -0.1) is 0 Å². The van der Waals surface area contributed by atoms with Crippen LogP contribution in [0.15, 0.2) is 28.7 Å². The normalized spacial score (nSPS) is 10.8. The molecule has 8 heteroatoms. The molecule has 0 unspecified atom stereocenters. The van der Waals surface area contributed by atoms with Crippen LogP contribution >= 0.6 is 27.3 Å². The number of nitrogens with one attached hydrogen (secondary N) is 2. The lowest BCUT2D eigenvalue weighted by atomic mass is 10.0. The maximum absolute atomic E-state index is 12.8. The molecule has 0 aliphatic carbocycles. The summed E-state index contributed by atoms with van der Waals surface area (Å²) in [5.41, 5.74) is 4.92. The van der Waals surface area contributed by atoms with Crippen LogP contribution in [0, 0.1) is 20.8 Å². The lowest BCUT2D eigenvalue weighted by Gasteiger charge is -2.13. The number of aryl methyl sites for hydroxylation is 3. The highest BCUT2D eigenvalue weighted by Gasteiger charge is 2.16. The van der Waals surface area contributed by atoms with E-state index >= 15 is 0 Å². The smallest absolute Gasteiger partial charge is 0.410 e. The number of aromatic nitrogens is 1.